The van der Waals surface area contributed by atoms with Crippen LogP contribution in [0.1, 0.15) is 91.9 Å². The van der Waals surface area contributed by atoms with Crippen LogP contribution in [0.15, 0.2) is 0 Å². The minimum Gasteiger partial charge on any atom is -0.393 e. The van der Waals surface area contributed by atoms with Crippen LogP contribution in [0.2, 0.25) is 0 Å². The van der Waals surface area contributed by atoms with Gasteiger partial charge >= 0.3 is 0 Å². The van der Waals surface area contributed by atoms with Crippen molar-refractivity contribution in [2.75, 3.05) is 0 Å². The summed E-state index contributed by atoms with van der Waals surface area (Å²) < 4.78 is 0. The molecule has 0 bridgehead atoms. The first kappa shape index (κ1) is 18.0. The molecule has 0 aromatic rings. The Morgan fingerprint density at radius 2 is 1.11 bits per heavy atom. The summed E-state index contributed by atoms with van der Waals surface area (Å²) >= 11 is 0. The molecule has 0 heterocycles. The zero-order valence-corrected chi connectivity index (χ0v) is 13.3. The minimum absolute atomic E-state index is 0.0615. The molecular formula is C17H36O. The third-order valence-corrected chi connectivity index (χ3v) is 4.30. The van der Waals surface area contributed by atoms with Gasteiger partial charge in [0.15, 0.2) is 0 Å². The molecule has 0 rings (SSSR count). The van der Waals surface area contributed by atoms with Crippen LogP contribution in [0.25, 0.3) is 0 Å². The molecule has 0 saturated carbocycles. The van der Waals surface area contributed by atoms with Crippen LogP contribution in [-0.4, -0.2) is 11.2 Å². The average Bonchev–Trinajstić information content (AvgIpc) is 2.39. The largest absolute Gasteiger partial charge is 0.393 e. The summed E-state index contributed by atoms with van der Waals surface area (Å²) in [6, 6.07) is 0. The van der Waals surface area contributed by atoms with Crippen LogP contribution in [0.4, 0.5) is 0 Å². The van der Waals surface area contributed by atoms with Gasteiger partial charge in [-0.1, -0.05) is 79.1 Å². The van der Waals surface area contributed by atoms with E-state index in [1.165, 1.54) is 51.4 Å². The number of aliphatic hydroxyl groups is 1. The monoisotopic (exact) mass is 256 g/mol. The van der Waals surface area contributed by atoms with E-state index >= 15 is 0 Å². The van der Waals surface area contributed by atoms with Crippen molar-refractivity contribution in [3.63, 3.8) is 0 Å². The Hall–Kier alpha value is -0.0400. The second-order valence-electron chi connectivity index (χ2n) is 5.96. The highest BCUT2D eigenvalue weighted by Crippen LogP contribution is 2.24. The highest BCUT2D eigenvalue weighted by atomic mass is 16.3. The molecular weight excluding hydrogens is 220 g/mol. The summed E-state index contributed by atoms with van der Waals surface area (Å²) in [6.07, 6.45) is 12.2. The number of rotatable bonds is 12. The Morgan fingerprint density at radius 1 is 0.722 bits per heavy atom. The van der Waals surface area contributed by atoms with Crippen LogP contribution in [0.3, 0.4) is 0 Å². The molecule has 1 heteroatoms. The van der Waals surface area contributed by atoms with Gasteiger partial charge in [-0.2, -0.15) is 0 Å². The van der Waals surface area contributed by atoms with Crippen molar-refractivity contribution in [1.29, 1.82) is 0 Å². The highest BCUT2D eigenvalue weighted by Gasteiger charge is 2.16. The van der Waals surface area contributed by atoms with Crippen molar-refractivity contribution in [2.45, 2.75) is 98.0 Å². The molecule has 1 nitrogen and oxygen atoms in total. The second kappa shape index (κ2) is 12.0. The first-order valence-corrected chi connectivity index (χ1v) is 8.35. The zero-order chi connectivity index (χ0) is 13.8. The number of hydrogen-bond acceptors (Lipinski definition) is 1. The van der Waals surface area contributed by atoms with Crippen LogP contribution in [0.5, 0.6) is 0 Å². The molecule has 1 N–H and O–H groups in total. The predicted octanol–water partition coefficient (Wildman–Crippen LogP) is 5.56. The molecule has 0 aliphatic heterocycles. The fraction of sp³-hybridized carbons (Fsp3) is 1.00. The molecule has 0 aromatic heterocycles. The molecule has 0 fully saturated rings. The van der Waals surface area contributed by atoms with Crippen LogP contribution in [0, 0.1) is 11.8 Å². The van der Waals surface area contributed by atoms with E-state index in [4.69, 9.17) is 0 Å². The SMILES string of the molecule is CCCCC(CC)CC(O)CC(CC)CCCC. The Bertz CT molecular complexity index is 149. The lowest BCUT2D eigenvalue weighted by atomic mass is 9.87. The van der Waals surface area contributed by atoms with Crippen LogP contribution in [-0.2, 0) is 0 Å². The highest BCUT2D eigenvalue weighted by molar-refractivity contribution is 4.69. The van der Waals surface area contributed by atoms with E-state index in [2.05, 4.69) is 27.7 Å². The van der Waals surface area contributed by atoms with E-state index in [0.29, 0.717) is 0 Å². The van der Waals surface area contributed by atoms with E-state index < -0.39 is 0 Å². The van der Waals surface area contributed by atoms with E-state index in [1.54, 1.807) is 0 Å². The second-order valence-corrected chi connectivity index (χ2v) is 5.96. The summed E-state index contributed by atoms with van der Waals surface area (Å²) in [6.45, 7) is 9.03. The van der Waals surface area contributed by atoms with E-state index in [1.807, 2.05) is 0 Å². The summed E-state index contributed by atoms with van der Waals surface area (Å²) in [5, 5.41) is 10.3. The average molecular weight is 256 g/mol. The van der Waals surface area contributed by atoms with Crippen molar-refractivity contribution in [3.8, 4) is 0 Å². The van der Waals surface area contributed by atoms with Gasteiger partial charge in [0.05, 0.1) is 6.10 Å². The van der Waals surface area contributed by atoms with Crippen molar-refractivity contribution >= 4 is 0 Å². The number of aliphatic hydroxyl groups excluding tert-OH is 1. The maximum Gasteiger partial charge on any atom is 0.0545 e. The van der Waals surface area contributed by atoms with Gasteiger partial charge in [-0.05, 0) is 24.7 Å². The van der Waals surface area contributed by atoms with Gasteiger partial charge in [0, 0.05) is 0 Å². The Balaban J connectivity index is 3.92. The van der Waals surface area contributed by atoms with Crippen molar-refractivity contribution in [2.24, 2.45) is 11.8 Å². The van der Waals surface area contributed by atoms with Gasteiger partial charge in [0.25, 0.3) is 0 Å². The maximum atomic E-state index is 10.3. The van der Waals surface area contributed by atoms with Crippen molar-refractivity contribution < 1.29 is 5.11 Å². The lowest BCUT2D eigenvalue weighted by molar-refractivity contribution is 0.106. The molecule has 0 amide bonds. The first-order chi connectivity index (χ1) is 8.67. The first-order valence-electron chi connectivity index (χ1n) is 8.35. The van der Waals surface area contributed by atoms with Crippen molar-refractivity contribution in [3.05, 3.63) is 0 Å². The molecule has 2 atom stereocenters. The van der Waals surface area contributed by atoms with Crippen LogP contribution < -0.4 is 0 Å². The van der Waals surface area contributed by atoms with Gasteiger partial charge < -0.3 is 5.11 Å². The van der Waals surface area contributed by atoms with Gasteiger partial charge in [-0.25, -0.2) is 0 Å². The Kier molecular flexibility index (Phi) is 12.0. The Labute approximate surface area is 115 Å². The molecule has 18 heavy (non-hydrogen) atoms. The summed E-state index contributed by atoms with van der Waals surface area (Å²) in [7, 11) is 0. The maximum absolute atomic E-state index is 10.3. The molecule has 0 aromatic carbocycles. The third kappa shape index (κ3) is 8.97. The smallest absolute Gasteiger partial charge is 0.0545 e. The van der Waals surface area contributed by atoms with Gasteiger partial charge in [-0.3, -0.25) is 0 Å². The quantitative estimate of drug-likeness (QED) is 0.484. The van der Waals surface area contributed by atoms with Gasteiger partial charge in [-0.15, -0.1) is 0 Å². The third-order valence-electron chi connectivity index (χ3n) is 4.30. The van der Waals surface area contributed by atoms with Gasteiger partial charge in [0.1, 0.15) is 0 Å². The molecule has 110 valence electrons. The van der Waals surface area contributed by atoms with Crippen molar-refractivity contribution in [1.82, 2.24) is 0 Å². The lowest BCUT2D eigenvalue weighted by Gasteiger charge is -2.22. The van der Waals surface area contributed by atoms with E-state index in [-0.39, 0.29) is 6.10 Å². The lowest BCUT2D eigenvalue weighted by Crippen LogP contribution is -2.17. The number of unbranched alkanes of at least 4 members (excludes halogenated alkanes) is 2. The molecule has 0 aliphatic rings. The predicted molar refractivity (Wildman–Crippen MR) is 81.9 cm³/mol. The van der Waals surface area contributed by atoms with Crippen LogP contribution >= 0.6 is 0 Å². The summed E-state index contributed by atoms with van der Waals surface area (Å²) in [4.78, 5) is 0. The zero-order valence-electron chi connectivity index (χ0n) is 13.3. The molecule has 0 spiro atoms. The summed E-state index contributed by atoms with van der Waals surface area (Å²) in [5.41, 5.74) is 0. The standard InChI is InChI=1S/C17H36O/c1-5-9-11-15(7-3)13-17(18)14-16(8-4)12-10-6-2/h15-18H,5-14H2,1-4H3. The minimum atomic E-state index is -0.0615. The molecule has 0 saturated heterocycles. The van der Waals surface area contributed by atoms with Gasteiger partial charge in [0.2, 0.25) is 0 Å². The number of hydrogen-bond donors (Lipinski definition) is 1. The Morgan fingerprint density at radius 3 is 1.39 bits per heavy atom. The summed E-state index contributed by atoms with van der Waals surface area (Å²) in [5.74, 6) is 1.48. The fourth-order valence-corrected chi connectivity index (χ4v) is 2.83. The molecule has 0 radical (unpaired) electrons. The normalized spacial score (nSPS) is 16.5. The topological polar surface area (TPSA) is 20.2 Å². The van der Waals surface area contributed by atoms with E-state index in [0.717, 1.165) is 24.7 Å². The molecule has 2 unspecified atom stereocenters. The van der Waals surface area contributed by atoms with E-state index in [9.17, 15) is 5.11 Å². The fourth-order valence-electron chi connectivity index (χ4n) is 2.83. The molecule has 0 aliphatic carbocycles.